The smallest absolute Gasteiger partial charge is 0.274 e. The molecular formula is C11H10Cl2N2O. The lowest BCUT2D eigenvalue weighted by atomic mass is 10.1. The van der Waals surface area contributed by atoms with Gasteiger partial charge in [0.15, 0.2) is 0 Å². The second-order valence-electron chi connectivity index (χ2n) is 3.63. The molecular weight excluding hydrogens is 247 g/mol. The number of nitrogens with zero attached hydrogens (tertiary/aromatic N) is 1. The van der Waals surface area contributed by atoms with E-state index in [2.05, 4.69) is 5.10 Å². The first-order chi connectivity index (χ1) is 7.49. The number of aromatic amines is 1. The molecule has 5 heteroatoms. The number of halogens is 2. The monoisotopic (exact) mass is 256 g/mol. The summed E-state index contributed by atoms with van der Waals surface area (Å²) in [6.07, 6.45) is 0. The molecule has 1 heterocycles. The molecule has 0 aliphatic rings. The number of aryl methyl sites for hydroxylation is 2. The number of hydrogen-bond acceptors (Lipinski definition) is 1. The Morgan fingerprint density at radius 1 is 1.19 bits per heavy atom. The summed E-state index contributed by atoms with van der Waals surface area (Å²) in [6.45, 7) is 1.84. The van der Waals surface area contributed by atoms with Crippen LogP contribution in [0, 0.1) is 6.92 Å². The average Bonchev–Trinajstić information content (AvgIpc) is 2.39. The zero-order valence-corrected chi connectivity index (χ0v) is 10.4. The molecule has 0 atom stereocenters. The third kappa shape index (κ3) is 1.88. The van der Waals surface area contributed by atoms with Crippen LogP contribution in [0.1, 0.15) is 5.69 Å². The molecule has 0 aliphatic heterocycles. The predicted molar refractivity (Wildman–Crippen MR) is 66.2 cm³/mol. The van der Waals surface area contributed by atoms with Crippen molar-refractivity contribution in [2.24, 2.45) is 7.05 Å². The Hall–Kier alpha value is -1.19. The van der Waals surface area contributed by atoms with E-state index < -0.39 is 0 Å². The summed E-state index contributed by atoms with van der Waals surface area (Å²) in [5, 5.41) is 3.97. The highest BCUT2D eigenvalue weighted by Crippen LogP contribution is 2.26. The Morgan fingerprint density at radius 2 is 1.75 bits per heavy atom. The minimum absolute atomic E-state index is 0.0872. The zero-order valence-electron chi connectivity index (χ0n) is 8.84. The van der Waals surface area contributed by atoms with Crippen molar-refractivity contribution in [1.29, 1.82) is 0 Å². The van der Waals surface area contributed by atoms with Crippen molar-refractivity contribution in [3.63, 3.8) is 0 Å². The SMILES string of the molecule is Cc1[nH]n(C)c(=O)c1-c1cc(Cl)cc(Cl)c1. The van der Waals surface area contributed by atoms with Crippen molar-refractivity contribution in [1.82, 2.24) is 9.78 Å². The van der Waals surface area contributed by atoms with Crippen molar-refractivity contribution < 1.29 is 0 Å². The third-order valence-electron chi connectivity index (χ3n) is 2.38. The molecule has 1 aromatic carbocycles. The van der Waals surface area contributed by atoms with Crippen LogP contribution in [0.5, 0.6) is 0 Å². The van der Waals surface area contributed by atoms with Crippen LogP contribution >= 0.6 is 23.2 Å². The molecule has 1 aromatic heterocycles. The van der Waals surface area contributed by atoms with E-state index in [1.165, 1.54) is 4.68 Å². The maximum absolute atomic E-state index is 11.9. The molecule has 0 aliphatic carbocycles. The summed E-state index contributed by atoms with van der Waals surface area (Å²) in [6, 6.07) is 5.09. The highest BCUT2D eigenvalue weighted by atomic mass is 35.5. The van der Waals surface area contributed by atoms with Gasteiger partial charge in [-0.1, -0.05) is 23.2 Å². The third-order valence-corrected chi connectivity index (χ3v) is 2.82. The lowest BCUT2D eigenvalue weighted by molar-refractivity contribution is 0.731. The van der Waals surface area contributed by atoms with Gasteiger partial charge in [0.05, 0.1) is 5.56 Å². The van der Waals surface area contributed by atoms with Gasteiger partial charge >= 0.3 is 0 Å². The van der Waals surface area contributed by atoms with E-state index in [4.69, 9.17) is 23.2 Å². The van der Waals surface area contributed by atoms with Crippen molar-refractivity contribution in [3.05, 3.63) is 44.3 Å². The van der Waals surface area contributed by atoms with Gasteiger partial charge in [-0.3, -0.25) is 14.6 Å². The first-order valence-corrected chi connectivity index (χ1v) is 5.46. The van der Waals surface area contributed by atoms with Crippen molar-refractivity contribution >= 4 is 23.2 Å². The maximum Gasteiger partial charge on any atom is 0.274 e. The van der Waals surface area contributed by atoms with Gasteiger partial charge in [0.2, 0.25) is 0 Å². The van der Waals surface area contributed by atoms with Crippen LogP contribution in [0.3, 0.4) is 0 Å². The largest absolute Gasteiger partial charge is 0.300 e. The molecule has 84 valence electrons. The van der Waals surface area contributed by atoms with E-state index in [9.17, 15) is 4.79 Å². The summed E-state index contributed by atoms with van der Waals surface area (Å²) >= 11 is 11.8. The topological polar surface area (TPSA) is 37.8 Å². The van der Waals surface area contributed by atoms with E-state index in [0.29, 0.717) is 15.6 Å². The van der Waals surface area contributed by atoms with Gasteiger partial charge < -0.3 is 0 Å². The van der Waals surface area contributed by atoms with Crippen LogP contribution in [0.15, 0.2) is 23.0 Å². The number of nitrogens with one attached hydrogen (secondary N) is 1. The molecule has 0 fully saturated rings. The maximum atomic E-state index is 11.9. The molecule has 0 radical (unpaired) electrons. The Bertz CT molecular complexity index is 578. The number of rotatable bonds is 1. The summed E-state index contributed by atoms with van der Waals surface area (Å²) < 4.78 is 1.43. The highest BCUT2D eigenvalue weighted by Gasteiger charge is 2.12. The van der Waals surface area contributed by atoms with Crippen molar-refractivity contribution in [2.45, 2.75) is 6.92 Å². The summed E-state index contributed by atoms with van der Waals surface area (Å²) in [5.74, 6) is 0. The van der Waals surface area contributed by atoms with Crippen LogP contribution in [0.25, 0.3) is 11.1 Å². The van der Waals surface area contributed by atoms with Gasteiger partial charge in [0.1, 0.15) is 0 Å². The molecule has 2 aromatic rings. The Balaban J connectivity index is 2.72. The fraction of sp³-hybridized carbons (Fsp3) is 0.182. The molecule has 0 unspecified atom stereocenters. The minimum Gasteiger partial charge on any atom is -0.300 e. The first kappa shape index (κ1) is 11.3. The first-order valence-electron chi connectivity index (χ1n) is 4.71. The van der Waals surface area contributed by atoms with Crippen molar-refractivity contribution in [3.8, 4) is 11.1 Å². The minimum atomic E-state index is -0.0872. The van der Waals surface area contributed by atoms with Gasteiger partial charge in [-0.2, -0.15) is 0 Å². The second kappa shape index (κ2) is 4.00. The number of H-pyrrole nitrogens is 1. The van der Waals surface area contributed by atoms with Gasteiger partial charge in [0.25, 0.3) is 5.56 Å². The fourth-order valence-electron chi connectivity index (χ4n) is 1.72. The molecule has 16 heavy (non-hydrogen) atoms. The molecule has 0 saturated heterocycles. The fourth-order valence-corrected chi connectivity index (χ4v) is 2.25. The lowest BCUT2D eigenvalue weighted by Gasteiger charge is -2.00. The Kier molecular flexibility index (Phi) is 2.82. The molecule has 0 spiro atoms. The standard InChI is InChI=1S/C11H10Cl2N2O/c1-6-10(11(16)15(2)14-6)7-3-8(12)5-9(13)4-7/h3-5,14H,1-2H3. The van der Waals surface area contributed by atoms with Crippen molar-refractivity contribution in [2.75, 3.05) is 0 Å². The van der Waals surface area contributed by atoms with Crippen LogP contribution in [0.2, 0.25) is 10.0 Å². The van der Waals surface area contributed by atoms with Gasteiger partial charge in [0, 0.05) is 22.8 Å². The van der Waals surface area contributed by atoms with Gasteiger partial charge in [-0.05, 0) is 30.7 Å². The van der Waals surface area contributed by atoms with Crippen LogP contribution in [0.4, 0.5) is 0 Å². The van der Waals surface area contributed by atoms with Crippen LogP contribution < -0.4 is 5.56 Å². The number of hydrogen-bond donors (Lipinski definition) is 1. The lowest BCUT2D eigenvalue weighted by Crippen LogP contribution is -2.13. The molecule has 0 saturated carbocycles. The van der Waals surface area contributed by atoms with Gasteiger partial charge in [-0.25, -0.2) is 0 Å². The summed E-state index contributed by atoms with van der Waals surface area (Å²) in [7, 11) is 1.67. The van der Waals surface area contributed by atoms with E-state index in [1.54, 1.807) is 25.2 Å². The molecule has 1 N–H and O–H groups in total. The molecule has 2 rings (SSSR count). The van der Waals surface area contributed by atoms with E-state index in [-0.39, 0.29) is 5.56 Å². The second-order valence-corrected chi connectivity index (χ2v) is 4.51. The summed E-state index contributed by atoms with van der Waals surface area (Å²) in [4.78, 5) is 11.9. The predicted octanol–water partition coefficient (Wildman–Crippen LogP) is 3.00. The summed E-state index contributed by atoms with van der Waals surface area (Å²) in [5.41, 5.74) is 2.05. The number of aromatic nitrogens is 2. The zero-order chi connectivity index (χ0) is 11.9. The average molecular weight is 257 g/mol. The Morgan fingerprint density at radius 3 is 2.19 bits per heavy atom. The highest BCUT2D eigenvalue weighted by molar-refractivity contribution is 6.35. The van der Waals surface area contributed by atoms with E-state index >= 15 is 0 Å². The quantitative estimate of drug-likeness (QED) is 0.837. The number of benzene rings is 1. The Labute approximate surface area is 103 Å². The van der Waals surface area contributed by atoms with E-state index in [0.717, 1.165) is 11.3 Å². The molecule has 0 bridgehead atoms. The molecule has 3 nitrogen and oxygen atoms in total. The van der Waals surface area contributed by atoms with E-state index in [1.807, 2.05) is 6.92 Å². The van der Waals surface area contributed by atoms with Crippen LogP contribution in [-0.2, 0) is 7.05 Å². The van der Waals surface area contributed by atoms with Gasteiger partial charge in [-0.15, -0.1) is 0 Å². The van der Waals surface area contributed by atoms with Crippen LogP contribution in [-0.4, -0.2) is 9.78 Å². The normalized spacial score (nSPS) is 10.8. The molecule has 0 amide bonds.